The summed E-state index contributed by atoms with van der Waals surface area (Å²) in [6.45, 7) is 10.7. The van der Waals surface area contributed by atoms with E-state index in [0.717, 1.165) is 51.4 Å². The largest absolute Gasteiger partial charge is 0.393 e. The predicted octanol–water partition coefficient (Wildman–Crippen LogP) is 5.55. The molecule has 12 atom stereocenters. The highest BCUT2D eigenvalue weighted by molar-refractivity contribution is 5.13. The molecule has 0 saturated heterocycles. The van der Waals surface area contributed by atoms with Crippen LogP contribution in [0.4, 0.5) is 0 Å². The summed E-state index contributed by atoms with van der Waals surface area (Å²) >= 11 is 0. The smallest absolute Gasteiger partial charge is 0.0653 e. The van der Waals surface area contributed by atoms with Crippen molar-refractivity contribution < 1.29 is 18.1 Å². The molecule has 4 aliphatic carbocycles. The molecule has 0 amide bonds. The standard InChI is InChI=1S/C27H48O3/c1-17(2)7-6-12-27(5,30)24-9-8-20-19-16-23(29)22-15-18(28)10-13-25(22,3)21(19)11-14-26(20,24)4/h17-24,28-30H,6-16H2,1-5H3/t18-,19-,20-,21-,22+,23-,24-,25+,26-,27-/m0/s1/i6D,12D/t6?,12?,18-,19-,20-,21-,22+,23-,24-,25+,26-,27-. The summed E-state index contributed by atoms with van der Waals surface area (Å²) in [6.07, 6.45) is 6.30. The first kappa shape index (κ1) is 20.5. The molecule has 2 unspecified atom stereocenters. The van der Waals surface area contributed by atoms with Crippen molar-refractivity contribution in [2.75, 3.05) is 0 Å². The van der Waals surface area contributed by atoms with Crippen LogP contribution in [0.1, 0.15) is 108 Å². The first-order chi connectivity index (χ1) is 14.8. The van der Waals surface area contributed by atoms with Crippen LogP contribution < -0.4 is 0 Å². The van der Waals surface area contributed by atoms with Crippen molar-refractivity contribution in [1.82, 2.24) is 0 Å². The fourth-order valence-electron chi connectivity index (χ4n) is 8.93. The van der Waals surface area contributed by atoms with Crippen LogP contribution >= 0.6 is 0 Å². The Hall–Kier alpha value is -0.120. The SMILES string of the molecule is [2H]C(CC(C)C)C([2H])[C@](C)(O)[C@H]1CC[C@H]2[C@@H]3C[C@H](O)[C@H]4C[C@@H](O)CC[C@]4(C)[C@H]3CC[C@@]21C. The molecule has 30 heavy (non-hydrogen) atoms. The molecule has 4 aliphatic rings. The minimum Gasteiger partial charge on any atom is -0.393 e. The summed E-state index contributed by atoms with van der Waals surface area (Å²) in [5.74, 6) is 2.12. The van der Waals surface area contributed by atoms with Crippen LogP contribution in [0.2, 0.25) is 0 Å². The maximum absolute atomic E-state index is 11.7. The quantitative estimate of drug-likeness (QED) is 0.544. The molecule has 0 spiro atoms. The van der Waals surface area contributed by atoms with Gasteiger partial charge < -0.3 is 15.3 Å². The van der Waals surface area contributed by atoms with E-state index in [1.165, 1.54) is 0 Å². The van der Waals surface area contributed by atoms with Crippen molar-refractivity contribution >= 4 is 0 Å². The molecule has 0 bridgehead atoms. The number of aliphatic hydroxyl groups excluding tert-OH is 2. The lowest BCUT2D eigenvalue weighted by molar-refractivity contribution is -0.179. The molecule has 0 heterocycles. The number of hydrogen-bond donors (Lipinski definition) is 3. The fourth-order valence-corrected chi connectivity index (χ4v) is 8.93. The highest BCUT2D eigenvalue weighted by Crippen LogP contribution is 2.68. The molecule has 0 aromatic rings. The second kappa shape index (κ2) is 8.03. The maximum atomic E-state index is 11.7. The number of aliphatic hydroxyl groups is 3. The van der Waals surface area contributed by atoms with Crippen LogP contribution in [0.3, 0.4) is 0 Å². The van der Waals surface area contributed by atoms with Gasteiger partial charge in [-0.2, -0.15) is 0 Å². The zero-order valence-electron chi connectivity index (χ0n) is 22.0. The monoisotopic (exact) mass is 422 g/mol. The third kappa shape index (κ3) is 3.69. The minimum atomic E-state index is -1.16. The summed E-state index contributed by atoms with van der Waals surface area (Å²) in [5, 5.41) is 33.2. The average molecular weight is 423 g/mol. The van der Waals surface area contributed by atoms with E-state index in [2.05, 4.69) is 27.7 Å². The molecule has 3 N–H and O–H groups in total. The van der Waals surface area contributed by atoms with Gasteiger partial charge in [0, 0.05) is 2.74 Å². The Balaban J connectivity index is 1.57. The van der Waals surface area contributed by atoms with E-state index >= 15 is 0 Å². The highest BCUT2D eigenvalue weighted by Gasteiger charge is 2.63. The van der Waals surface area contributed by atoms with E-state index in [4.69, 9.17) is 2.74 Å². The lowest BCUT2D eigenvalue weighted by Gasteiger charge is -2.62. The first-order valence-corrected chi connectivity index (χ1v) is 12.7. The van der Waals surface area contributed by atoms with Gasteiger partial charge >= 0.3 is 0 Å². The number of rotatable bonds is 5. The molecule has 4 fully saturated rings. The third-order valence-electron chi connectivity index (χ3n) is 10.4. The van der Waals surface area contributed by atoms with Crippen LogP contribution in [0.15, 0.2) is 0 Å². The average Bonchev–Trinajstić information content (AvgIpc) is 3.06. The summed E-state index contributed by atoms with van der Waals surface area (Å²) in [7, 11) is 0. The van der Waals surface area contributed by atoms with Gasteiger partial charge in [-0.15, -0.1) is 0 Å². The van der Waals surface area contributed by atoms with Crippen LogP contribution in [0.25, 0.3) is 0 Å². The van der Waals surface area contributed by atoms with Crippen LogP contribution in [0.5, 0.6) is 0 Å². The second-order valence-corrected chi connectivity index (χ2v) is 12.7. The molecule has 0 aromatic carbocycles. The van der Waals surface area contributed by atoms with E-state index in [9.17, 15) is 15.3 Å². The van der Waals surface area contributed by atoms with Gasteiger partial charge in [-0.25, -0.2) is 0 Å². The minimum absolute atomic E-state index is 0.0292. The Labute approximate surface area is 187 Å². The Kier molecular flexibility index (Phi) is 5.48. The summed E-state index contributed by atoms with van der Waals surface area (Å²) in [5.41, 5.74) is -1.09. The maximum Gasteiger partial charge on any atom is 0.0653 e. The Bertz CT molecular complexity index is 684. The van der Waals surface area contributed by atoms with Crippen molar-refractivity contribution in [3.05, 3.63) is 0 Å². The molecule has 0 aliphatic heterocycles. The molecular weight excluding hydrogens is 372 g/mol. The lowest BCUT2D eigenvalue weighted by atomic mass is 9.43. The van der Waals surface area contributed by atoms with Gasteiger partial charge in [0.2, 0.25) is 0 Å². The topological polar surface area (TPSA) is 60.7 Å². The van der Waals surface area contributed by atoms with Crippen molar-refractivity contribution in [3.63, 3.8) is 0 Å². The normalized spacial score (nSPS) is 53.6. The fraction of sp³-hybridized carbons (Fsp3) is 1.00. The Morgan fingerprint density at radius 2 is 1.63 bits per heavy atom. The van der Waals surface area contributed by atoms with E-state index in [-0.39, 0.29) is 34.9 Å². The number of fused-ring (bicyclic) bond motifs is 5. The third-order valence-corrected chi connectivity index (χ3v) is 10.4. The van der Waals surface area contributed by atoms with Crippen LogP contribution in [-0.2, 0) is 0 Å². The molecule has 4 saturated carbocycles. The zero-order valence-corrected chi connectivity index (χ0v) is 20.0. The lowest BCUT2D eigenvalue weighted by Crippen LogP contribution is -2.59. The van der Waals surface area contributed by atoms with Gasteiger partial charge in [0.1, 0.15) is 0 Å². The Morgan fingerprint density at radius 3 is 2.33 bits per heavy atom. The van der Waals surface area contributed by atoms with Gasteiger partial charge in [0.05, 0.1) is 17.8 Å². The van der Waals surface area contributed by atoms with E-state index in [1.807, 2.05) is 6.92 Å². The van der Waals surface area contributed by atoms with Crippen molar-refractivity contribution in [2.24, 2.45) is 46.3 Å². The molecule has 4 rings (SSSR count). The van der Waals surface area contributed by atoms with Crippen molar-refractivity contribution in [1.29, 1.82) is 0 Å². The number of hydrogen-bond acceptors (Lipinski definition) is 3. The zero-order chi connectivity index (χ0) is 23.6. The molecule has 3 heteroatoms. The van der Waals surface area contributed by atoms with Gasteiger partial charge in [0.25, 0.3) is 0 Å². The van der Waals surface area contributed by atoms with Gasteiger partial charge in [-0.3, -0.25) is 0 Å². The summed E-state index contributed by atoms with van der Waals surface area (Å²) < 4.78 is 17.4. The second-order valence-electron chi connectivity index (χ2n) is 12.7. The van der Waals surface area contributed by atoms with Crippen molar-refractivity contribution in [3.8, 4) is 0 Å². The highest BCUT2D eigenvalue weighted by atomic mass is 16.3. The van der Waals surface area contributed by atoms with E-state index in [1.54, 1.807) is 0 Å². The van der Waals surface area contributed by atoms with E-state index < -0.39 is 18.4 Å². The summed E-state index contributed by atoms with van der Waals surface area (Å²) in [4.78, 5) is 0. The predicted molar refractivity (Wildman–Crippen MR) is 122 cm³/mol. The van der Waals surface area contributed by atoms with Gasteiger partial charge in [-0.05, 0) is 111 Å². The van der Waals surface area contributed by atoms with Crippen LogP contribution in [-0.4, -0.2) is 33.1 Å². The molecule has 0 radical (unpaired) electrons. The Morgan fingerprint density at radius 1 is 0.967 bits per heavy atom. The molecule has 3 nitrogen and oxygen atoms in total. The van der Waals surface area contributed by atoms with E-state index in [0.29, 0.717) is 30.1 Å². The van der Waals surface area contributed by atoms with Crippen molar-refractivity contribution in [2.45, 2.75) is 123 Å². The van der Waals surface area contributed by atoms with Gasteiger partial charge in [0.15, 0.2) is 0 Å². The van der Waals surface area contributed by atoms with Crippen LogP contribution in [0, 0.1) is 46.3 Å². The van der Waals surface area contributed by atoms with Gasteiger partial charge in [-0.1, -0.05) is 40.5 Å². The molecule has 174 valence electrons. The first-order valence-electron chi connectivity index (χ1n) is 13.9. The molecular formula is C27H48O3. The summed E-state index contributed by atoms with van der Waals surface area (Å²) in [6, 6.07) is 0. The molecule has 0 aromatic heterocycles.